The second-order valence-corrected chi connectivity index (χ2v) is 4.66. The molecule has 102 valence electrons. The summed E-state index contributed by atoms with van der Waals surface area (Å²) in [6, 6.07) is 7.92. The molecular weight excluding hydrogens is 240 g/mol. The second kappa shape index (κ2) is 5.42. The first-order valence-electron chi connectivity index (χ1n) is 6.18. The molecule has 1 aromatic carbocycles. The third kappa shape index (κ3) is 2.62. The van der Waals surface area contributed by atoms with Crippen molar-refractivity contribution in [1.82, 2.24) is 15.2 Å². The third-order valence-corrected chi connectivity index (χ3v) is 3.29. The van der Waals surface area contributed by atoms with Gasteiger partial charge in [-0.1, -0.05) is 6.07 Å². The fraction of sp³-hybridized carbons (Fsp3) is 0.357. The number of hydrogen-bond donors (Lipinski definition) is 2. The normalized spacial score (nSPS) is 12.5. The monoisotopic (exact) mass is 260 g/mol. The van der Waals surface area contributed by atoms with Crippen molar-refractivity contribution in [3.05, 3.63) is 46.8 Å². The summed E-state index contributed by atoms with van der Waals surface area (Å²) in [7, 11) is 3.59. The molecule has 0 aliphatic rings. The molecule has 0 aliphatic heterocycles. The maximum atomic E-state index is 5.73. The SMILES string of the molecule is COc1ccc(C(NN)c2cc(C)nn2C)c(C)c1. The van der Waals surface area contributed by atoms with Gasteiger partial charge in [0.15, 0.2) is 0 Å². The van der Waals surface area contributed by atoms with Crippen molar-refractivity contribution >= 4 is 0 Å². The van der Waals surface area contributed by atoms with Gasteiger partial charge in [0.2, 0.25) is 0 Å². The van der Waals surface area contributed by atoms with E-state index in [1.54, 1.807) is 7.11 Å². The predicted octanol–water partition coefficient (Wildman–Crippen LogP) is 1.60. The van der Waals surface area contributed by atoms with E-state index >= 15 is 0 Å². The van der Waals surface area contributed by atoms with Gasteiger partial charge in [0, 0.05) is 7.05 Å². The molecule has 1 unspecified atom stereocenters. The Labute approximate surface area is 113 Å². The summed E-state index contributed by atoms with van der Waals surface area (Å²) in [5.74, 6) is 6.58. The Kier molecular flexibility index (Phi) is 3.87. The van der Waals surface area contributed by atoms with Crippen LogP contribution >= 0.6 is 0 Å². The molecule has 5 heteroatoms. The molecule has 2 rings (SSSR count). The van der Waals surface area contributed by atoms with Gasteiger partial charge in [-0.2, -0.15) is 5.10 Å². The largest absolute Gasteiger partial charge is 0.497 e. The molecule has 3 N–H and O–H groups in total. The van der Waals surface area contributed by atoms with Crippen LogP contribution in [0, 0.1) is 13.8 Å². The first kappa shape index (κ1) is 13.6. The number of nitrogens with one attached hydrogen (secondary N) is 1. The van der Waals surface area contributed by atoms with Gasteiger partial charge < -0.3 is 4.74 Å². The molecule has 0 amide bonds. The molecule has 19 heavy (non-hydrogen) atoms. The fourth-order valence-electron chi connectivity index (χ4n) is 2.33. The summed E-state index contributed by atoms with van der Waals surface area (Å²) >= 11 is 0. The van der Waals surface area contributed by atoms with Gasteiger partial charge in [-0.05, 0) is 43.2 Å². The first-order valence-corrected chi connectivity index (χ1v) is 6.18. The number of aryl methyl sites for hydroxylation is 3. The van der Waals surface area contributed by atoms with Gasteiger partial charge in [0.05, 0.1) is 24.5 Å². The van der Waals surface area contributed by atoms with E-state index in [0.717, 1.165) is 28.3 Å². The van der Waals surface area contributed by atoms with Crippen molar-refractivity contribution in [2.24, 2.45) is 12.9 Å². The van der Waals surface area contributed by atoms with Crippen molar-refractivity contribution < 1.29 is 4.74 Å². The van der Waals surface area contributed by atoms with Crippen LogP contribution in [0.2, 0.25) is 0 Å². The quantitative estimate of drug-likeness (QED) is 0.647. The van der Waals surface area contributed by atoms with Gasteiger partial charge in [0.1, 0.15) is 5.75 Å². The lowest BCUT2D eigenvalue weighted by atomic mass is 9.98. The number of nitrogens with two attached hydrogens (primary N) is 1. The minimum Gasteiger partial charge on any atom is -0.497 e. The molecule has 0 saturated carbocycles. The highest BCUT2D eigenvalue weighted by Crippen LogP contribution is 2.27. The lowest BCUT2D eigenvalue weighted by Crippen LogP contribution is -2.30. The molecule has 0 radical (unpaired) electrons. The summed E-state index contributed by atoms with van der Waals surface area (Å²) in [6.45, 7) is 4.02. The Morgan fingerprint density at radius 2 is 2.05 bits per heavy atom. The van der Waals surface area contributed by atoms with Gasteiger partial charge in [-0.15, -0.1) is 0 Å². The van der Waals surface area contributed by atoms with Crippen LogP contribution in [-0.4, -0.2) is 16.9 Å². The molecule has 0 aliphatic carbocycles. The maximum absolute atomic E-state index is 5.73. The van der Waals surface area contributed by atoms with Gasteiger partial charge in [-0.3, -0.25) is 10.5 Å². The molecule has 0 fully saturated rings. The van der Waals surface area contributed by atoms with Crippen molar-refractivity contribution in [2.75, 3.05) is 7.11 Å². The standard InChI is InChI=1S/C14H20N4O/c1-9-7-11(19-4)5-6-12(9)14(16-15)13-8-10(2)17-18(13)3/h5-8,14,16H,15H2,1-4H3. The Morgan fingerprint density at radius 1 is 1.32 bits per heavy atom. The molecule has 5 nitrogen and oxygen atoms in total. The Hall–Kier alpha value is -1.85. The Bertz CT molecular complexity index is 577. The maximum Gasteiger partial charge on any atom is 0.119 e. The zero-order valence-electron chi connectivity index (χ0n) is 11.8. The smallest absolute Gasteiger partial charge is 0.119 e. The lowest BCUT2D eigenvalue weighted by Gasteiger charge is -2.19. The highest BCUT2D eigenvalue weighted by Gasteiger charge is 2.18. The highest BCUT2D eigenvalue weighted by molar-refractivity contribution is 5.40. The number of hydrazine groups is 1. The lowest BCUT2D eigenvalue weighted by molar-refractivity contribution is 0.414. The fourth-order valence-corrected chi connectivity index (χ4v) is 2.33. The van der Waals surface area contributed by atoms with Crippen molar-refractivity contribution in [2.45, 2.75) is 19.9 Å². The number of methoxy groups -OCH3 is 1. The highest BCUT2D eigenvalue weighted by atomic mass is 16.5. The van der Waals surface area contributed by atoms with E-state index < -0.39 is 0 Å². The summed E-state index contributed by atoms with van der Waals surface area (Å²) in [4.78, 5) is 0. The van der Waals surface area contributed by atoms with E-state index in [9.17, 15) is 0 Å². The first-order chi connectivity index (χ1) is 9.06. The molecule has 1 atom stereocenters. The zero-order valence-corrected chi connectivity index (χ0v) is 11.8. The van der Waals surface area contributed by atoms with Crippen LogP contribution < -0.4 is 16.0 Å². The van der Waals surface area contributed by atoms with Crippen LogP contribution in [0.15, 0.2) is 24.3 Å². The van der Waals surface area contributed by atoms with Crippen LogP contribution in [0.3, 0.4) is 0 Å². The number of nitrogens with zero attached hydrogens (tertiary/aromatic N) is 2. The van der Waals surface area contributed by atoms with E-state index in [1.807, 2.05) is 49.8 Å². The van der Waals surface area contributed by atoms with Gasteiger partial charge in [-0.25, -0.2) is 5.43 Å². The van der Waals surface area contributed by atoms with E-state index in [4.69, 9.17) is 10.6 Å². The number of hydrogen-bond acceptors (Lipinski definition) is 4. The van der Waals surface area contributed by atoms with Crippen LogP contribution in [0.4, 0.5) is 0 Å². The zero-order chi connectivity index (χ0) is 14.0. The van der Waals surface area contributed by atoms with Crippen LogP contribution in [0.5, 0.6) is 5.75 Å². The van der Waals surface area contributed by atoms with E-state index in [-0.39, 0.29) is 6.04 Å². The molecule has 1 aromatic heterocycles. The van der Waals surface area contributed by atoms with Crippen molar-refractivity contribution in [3.8, 4) is 5.75 Å². The van der Waals surface area contributed by atoms with Crippen LogP contribution in [0.25, 0.3) is 0 Å². The van der Waals surface area contributed by atoms with Crippen LogP contribution in [-0.2, 0) is 7.05 Å². The van der Waals surface area contributed by atoms with Crippen molar-refractivity contribution in [3.63, 3.8) is 0 Å². The van der Waals surface area contributed by atoms with E-state index in [1.165, 1.54) is 0 Å². The molecule has 0 spiro atoms. The molecular formula is C14H20N4O. The second-order valence-electron chi connectivity index (χ2n) is 4.66. The number of benzene rings is 1. The molecule has 0 bridgehead atoms. The average Bonchev–Trinajstić information content (AvgIpc) is 2.71. The Morgan fingerprint density at radius 3 is 2.53 bits per heavy atom. The van der Waals surface area contributed by atoms with E-state index in [0.29, 0.717) is 0 Å². The van der Waals surface area contributed by atoms with Gasteiger partial charge >= 0.3 is 0 Å². The third-order valence-electron chi connectivity index (χ3n) is 3.29. The summed E-state index contributed by atoms with van der Waals surface area (Å²) < 4.78 is 7.08. The van der Waals surface area contributed by atoms with E-state index in [2.05, 4.69) is 10.5 Å². The number of ether oxygens (including phenoxy) is 1. The summed E-state index contributed by atoms with van der Waals surface area (Å²) in [5, 5.41) is 4.37. The molecule has 1 heterocycles. The van der Waals surface area contributed by atoms with Crippen molar-refractivity contribution in [1.29, 1.82) is 0 Å². The summed E-state index contributed by atoms with van der Waals surface area (Å²) in [5.41, 5.74) is 7.12. The minimum absolute atomic E-state index is 0.0860. The predicted molar refractivity (Wildman–Crippen MR) is 74.8 cm³/mol. The average molecular weight is 260 g/mol. The minimum atomic E-state index is -0.0860. The number of rotatable bonds is 4. The summed E-state index contributed by atoms with van der Waals surface area (Å²) in [6.07, 6.45) is 0. The number of aromatic nitrogens is 2. The van der Waals surface area contributed by atoms with Crippen LogP contribution in [0.1, 0.15) is 28.6 Å². The topological polar surface area (TPSA) is 65.1 Å². The van der Waals surface area contributed by atoms with Gasteiger partial charge in [0.25, 0.3) is 0 Å². The molecule has 0 saturated heterocycles. The molecule has 2 aromatic rings. The Balaban J connectivity index is 2.45.